The van der Waals surface area contributed by atoms with Crippen molar-refractivity contribution in [3.05, 3.63) is 47.0 Å². The molecule has 2 aromatic heterocycles. The number of oxazole rings is 1. The normalized spacial score (nSPS) is 11.4. The van der Waals surface area contributed by atoms with E-state index >= 15 is 0 Å². The largest absolute Gasteiger partial charge is 0.423 e. The topological polar surface area (TPSA) is 51.0 Å². The number of hydrogen-bond donors (Lipinski definition) is 1. The van der Waals surface area contributed by atoms with Crippen LogP contribution < -0.4 is 5.32 Å². The predicted octanol–water partition coefficient (Wildman–Crippen LogP) is 5.40. The summed E-state index contributed by atoms with van der Waals surface area (Å²) in [5, 5.41) is 4.53. The molecule has 0 amide bonds. The van der Waals surface area contributed by atoms with E-state index in [1.807, 2.05) is 12.1 Å². The Bertz CT molecular complexity index is 976. The molecule has 1 N–H and O–H groups in total. The third-order valence-electron chi connectivity index (χ3n) is 3.42. The van der Waals surface area contributed by atoms with Crippen LogP contribution in [0.4, 0.5) is 11.1 Å². The van der Waals surface area contributed by atoms with Gasteiger partial charge in [0.25, 0.3) is 0 Å². The van der Waals surface area contributed by atoms with Crippen LogP contribution in [0.15, 0.2) is 40.8 Å². The molecular formula is C16H12ClN3OS. The van der Waals surface area contributed by atoms with Gasteiger partial charge in [-0.05, 0) is 42.3 Å². The lowest BCUT2D eigenvalue weighted by molar-refractivity contribution is 0.623. The first-order valence-corrected chi connectivity index (χ1v) is 8.13. The standard InChI is InChI=1S/C16H12ClN3OS/c1-2-9-3-5-11-14(7-9)22-16(19-11)20-15-18-12-8-10(17)4-6-13(12)21-15/h3-8H,2H2,1H3,(H,18,19,20). The zero-order valence-electron chi connectivity index (χ0n) is 11.8. The van der Waals surface area contributed by atoms with E-state index in [0.29, 0.717) is 16.6 Å². The molecule has 6 heteroatoms. The number of anilines is 2. The summed E-state index contributed by atoms with van der Waals surface area (Å²) >= 11 is 7.54. The second-order valence-corrected chi connectivity index (χ2v) is 6.40. The average Bonchev–Trinajstić information content (AvgIpc) is 3.08. The van der Waals surface area contributed by atoms with Crippen molar-refractivity contribution in [2.45, 2.75) is 13.3 Å². The Morgan fingerprint density at radius 2 is 2.05 bits per heavy atom. The Morgan fingerprint density at radius 1 is 1.14 bits per heavy atom. The van der Waals surface area contributed by atoms with Gasteiger partial charge in [0, 0.05) is 5.02 Å². The van der Waals surface area contributed by atoms with E-state index in [-0.39, 0.29) is 0 Å². The van der Waals surface area contributed by atoms with Gasteiger partial charge < -0.3 is 4.42 Å². The Balaban J connectivity index is 1.69. The molecule has 0 spiro atoms. The van der Waals surface area contributed by atoms with Gasteiger partial charge in [0.1, 0.15) is 5.52 Å². The molecule has 0 aliphatic rings. The van der Waals surface area contributed by atoms with Crippen molar-refractivity contribution in [2.75, 3.05) is 5.32 Å². The minimum atomic E-state index is 0.423. The van der Waals surface area contributed by atoms with Gasteiger partial charge in [-0.1, -0.05) is 35.9 Å². The minimum Gasteiger partial charge on any atom is -0.423 e. The van der Waals surface area contributed by atoms with Crippen LogP contribution in [0.3, 0.4) is 0 Å². The van der Waals surface area contributed by atoms with E-state index in [1.54, 1.807) is 23.5 Å². The van der Waals surface area contributed by atoms with Crippen LogP contribution in [0, 0.1) is 0 Å². The smallest absolute Gasteiger partial charge is 0.302 e. The summed E-state index contributed by atoms with van der Waals surface area (Å²) in [5.41, 5.74) is 3.70. The lowest BCUT2D eigenvalue weighted by Crippen LogP contribution is -1.88. The molecule has 0 unspecified atom stereocenters. The molecule has 110 valence electrons. The van der Waals surface area contributed by atoms with E-state index in [9.17, 15) is 0 Å². The molecule has 2 aromatic carbocycles. The van der Waals surface area contributed by atoms with Crippen molar-refractivity contribution in [1.29, 1.82) is 0 Å². The maximum atomic E-state index is 5.96. The maximum absolute atomic E-state index is 5.96. The summed E-state index contributed by atoms with van der Waals surface area (Å²) in [6.07, 6.45) is 1.02. The maximum Gasteiger partial charge on any atom is 0.302 e. The van der Waals surface area contributed by atoms with Gasteiger partial charge in [0.15, 0.2) is 10.7 Å². The molecule has 0 radical (unpaired) electrons. The molecular weight excluding hydrogens is 318 g/mol. The number of benzene rings is 2. The molecule has 4 nitrogen and oxygen atoms in total. The van der Waals surface area contributed by atoms with Crippen LogP contribution in [-0.2, 0) is 6.42 Å². The second-order valence-electron chi connectivity index (χ2n) is 4.93. The van der Waals surface area contributed by atoms with E-state index in [1.165, 1.54) is 5.56 Å². The summed E-state index contributed by atoms with van der Waals surface area (Å²) in [6.45, 7) is 2.14. The van der Waals surface area contributed by atoms with Crippen molar-refractivity contribution in [1.82, 2.24) is 9.97 Å². The number of aryl methyl sites for hydroxylation is 1. The van der Waals surface area contributed by atoms with Gasteiger partial charge in [-0.3, -0.25) is 5.32 Å². The van der Waals surface area contributed by atoms with Gasteiger partial charge in [0.2, 0.25) is 0 Å². The highest BCUT2D eigenvalue weighted by Crippen LogP contribution is 2.30. The monoisotopic (exact) mass is 329 g/mol. The fraction of sp³-hybridized carbons (Fsp3) is 0.125. The third kappa shape index (κ3) is 2.42. The van der Waals surface area contributed by atoms with Crippen LogP contribution in [0.25, 0.3) is 21.3 Å². The predicted molar refractivity (Wildman–Crippen MR) is 91.3 cm³/mol. The van der Waals surface area contributed by atoms with Gasteiger partial charge in [-0.2, -0.15) is 4.98 Å². The van der Waals surface area contributed by atoms with Gasteiger partial charge >= 0.3 is 6.01 Å². The number of fused-ring (bicyclic) bond motifs is 2. The molecule has 2 heterocycles. The first-order valence-electron chi connectivity index (χ1n) is 6.94. The highest BCUT2D eigenvalue weighted by atomic mass is 35.5. The average molecular weight is 330 g/mol. The van der Waals surface area contributed by atoms with E-state index in [0.717, 1.165) is 27.3 Å². The summed E-state index contributed by atoms with van der Waals surface area (Å²) in [5.74, 6) is 0. The molecule has 4 rings (SSSR count). The fourth-order valence-electron chi connectivity index (χ4n) is 2.29. The number of aromatic nitrogens is 2. The lowest BCUT2D eigenvalue weighted by Gasteiger charge is -1.93. The van der Waals surface area contributed by atoms with Gasteiger partial charge in [-0.15, -0.1) is 0 Å². The Kier molecular flexibility index (Phi) is 3.24. The molecule has 22 heavy (non-hydrogen) atoms. The minimum absolute atomic E-state index is 0.423. The number of thiazole rings is 1. The zero-order chi connectivity index (χ0) is 15.1. The van der Waals surface area contributed by atoms with Crippen molar-refractivity contribution in [3.63, 3.8) is 0 Å². The summed E-state index contributed by atoms with van der Waals surface area (Å²) in [7, 11) is 0. The van der Waals surface area contributed by atoms with Crippen molar-refractivity contribution in [2.24, 2.45) is 0 Å². The highest BCUT2D eigenvalue weighted by molar-refractivity contribution is 7.22. The number of nitrogens with one attached hydrogen (secondary N) is 1. The Morgan fingerprint density at radius 3 is 2.91 bits per heavy atom. The number of hydrogen-bond acceptors (Lipinski definition) is 5. The molecule has 0 saturated heterocycles. The molecule has 0 bridgehead atoms. The lowest BCUT2D eigenvalue weighted by atomic mass is 10.2. The summed E-state index contributed by atoms with van der Waals surface area (Å²) < 4.78 is 6.81. The number of halogens is 1. The zero-order valence-corrected chi connectivity index (χ0v) is 13.3. The van der Waals surface area contributed by atoms with Crippen LogP contribution in [0.2, 0.25) is 5.02 Å². The molecule has 0 fully saturated rings. The van der Waals surface area contributed by atoms with Crippen molar-refractivity contribution >= 4 is 55.4 Å². The molecule has 0 aliphatic carbocycles. The molecule has 0 saturated carbocycles. The first-order chi connectivity index (χ1) is 10.7. The quantitative estimate of drug-likeness (QED) is 0.547. The van der Waals surface area contributed by atoms with E-state index < -0.39 is 0 Å². The second kappa shape index (κ2) is 5.26. The van der Waals surface area contributed by atoms with Crippen molar-refractivity contribution in [3.8, 4) is 0 Å². The molecule has 4 aromatic rings. The van der Waals surface area contributed by atoms with Crippen LogP contribution in [-0.4, -0.2) is 9.97 Å². The Labute approximate surface area is 135 Å². The molecule has 0 aliphatic heterocycles. The highest BCUT2D eigenvalue weighted by Gasteiger charge is 2.10. The van der Waals surface area contributed by atoms with E-state index in [2.05, 4.69) is 34.3 Å². The van der Waals surface area contributed by atoms with Crippen LogP contribution >= 0.6 is 22.9 Å². The van der Waals surface area contributed by atoms with Crippen molar-refractivity contribution < 1.29 is 4.42 Å². The van der Waals surface area contributed by atoms with Crippen LogP contribution in [0.1, 0.15) is 12.5 Å². The third-order valence-corrected chi connectivity index (χ3v) is 4.59. The summed E-state index contributed by atoms with van der Waals surface area (Å²) in [4.78, 5) is 8.93. The number of rotatable bonds is 3. The summed E-state index contributed by atoms with van der Waals surface area (Å²) in [6, 6.07) is 12.1. The van der Waals surface area contributed by atoms with Crippen LogP contribution in [0.5, 0.6) is 0 Å². The first kappa shape index (κ1) is 13.5. The fourth-order valence-corrected chi connectivity index (χ4v) is 3.37. The molecule has 0 atom stereocenters. The van der Waals surface area contributed by atoms with Gasteiger partial charge in [-0.25, -0.2) is 4.98 Å². The van der Waals surface area contributed by atoms with Gasteiger partial charge in [0.05, 0.1) is 10.2 Å². The SMILES string of the molecule is CCc1ccc2nc(Nc3nc4cc(Cl)ccc4o3)sc2c1. The number of nitrogens with zero attached hydrogens (tertiary/aromatic N) is 2. The Hall–Kier alpha value is -2.11. The van der Waals surface area contributed by atoms with E-state index in [4.69, 9.17) is 16.0 Å².